The third-order valence-electron chi connectivity index (χ3n) is 6.49. The number of hydrogen-bond acceptors (Lipinski definition) is 5. The molecule has 2 aromatic heterocycles. The number of hydrogen-bond donors (Lipinski definition) is 1. The van der Waals surface area contributed by atoms with Gasteiger partial charge in [0.1, 0.15) is 29.3 Å². The van der Waals surface area contributed by atoms with E-state index in [2.05, 4.69) is 9.97 Å². The van der Waals surface area contributed by atoms with Crippen LogP contribution >= 0.6 is 0 Å². The van der Waals surface area contributed by atoms with Crippen molar-refractivity contribution in [2.45, 2.75) is 44.4 Å². The molecule has 0 bridgehead atoms. The van der Waals surface area contributed by atoms with E-state index in [1.807, 2.05) is 0 Å². The van der Waals surface area contributed by atoms with Crippen molar-refractivity contribution in [3.05, 3.63) is 71.9 Å². The molecule has 3 atom stereocenters. The lowest BCUT2D eigenvalue weighted by molar-refractivity contribution is -0.0675. The molecule has 5 rings (SSSR count). The number of carbonyl (C=O) groups excluding carboxylic acids is 1. The average Bonchev–Trinajstić information content (AvgIpc) is 3.29. The van der Waals surface area contributed by atoms with Gasteiger partial charge in [0.15, 0.2) is 11.5 Å². The lowest BCUT2D eigenvalue weighted by atomic mass is 9.95. The Morgan fingerprint density at radius 2 is 1.82 bits per heavy atom. The SMILES string of the molecule is O=C(c1nc(-c2c(F)cccc2F)c(F)cc1O)N(c1cccnc1)C1CCC2CCCC2O1. The molecule has 2 aliphatic rings. The normalized spacial score (nSPS) is 21.8. The Labute approximate surface area is 194 Å². The molecule has 1 aromatic carbocycles. The van der Waals surface area contributed by atoms with Crippen LogP contribution in [0.1, 0.15) is 42.6 Å². The molecule has 0 radical (unpaired) electrons. The maximum Gasteiger partial charge on any atom is 0.282 e. The highest BCUT2D eigenvalue weighted by molar-refractivity contribution is 6.07. The summed E-state index contributed by atoms with van der Waals surface area (Å²) in [5.74, 6) is -4.33. The topological polar surface area (TPSA) is 75.5 Å². The summed E-state index contributed by atoms with van der Waals surface area (Å²) in [6.45, 7) is 0. The van der Waals surface area contributed by atoms with Crippen molar-refractivity contribution in [3.8, 4) is 17.0 Å². The maximum atomic E-state index is 14.6. The highest BCUT2D eigenvalue weighted by Gasteiger charge is 2.40. The number of ether oxygens (including phenoxy) is 1. The lowest BCUT2D eigenvalue weighted by Gasteiger charge is -2.39. The molecule has 1 aliphatic carbocycles. The number of nitrogens with zero attached hydrogens (tertiary/aromatic N) is 3. The second kappa shape index (κ2) is 9.06. The monoisotopic (exact) mass is 469 g/mol. The summed E-state index contributed by atoms with van der Waals surface area (Å²) >= 11 is 0. The summed E-state index contributed by atoms with van der Waals surface area (Å²) in [6, 6.07) is 7.01. The quantitative estimate of drug-likeness (QED) is 0.567. The van der Waals surface area contributed by atoms with Crippen LogP contribution in [0, 0.1) is 23.4 Å². The van der Waals surface area contributed by atoms with E-state index in [4.69, 9.17) is 4.74 Å². The molecule has 6 nitrogen and oxygen atoms in total. The largest absolute Gasteiger partial charge is 0.505 e. The Morgan fingerprint density at radius 3 is 2.56 bits per heavy atom. The third-order valence-corrected chi connectivity index (χ3v) is 6.49. The van der Waals surface area contributed by atoms with Gasteiger partial charge in [0, 0.05) is 12.3 Å². The zero-order valence-corrected chi connectivity index (χ0v) is 18.1. The van der Waals surface area contributed by atoms with Crippen molar-refractivity contribution in [2.75, 3.05) is 4.90 Å². The van der Waals surface area contributed by atoms with Gasteiger partial charge in [-0.15, -0.1) is 0 Å². The number of carbonyl (C=O) groups is 1. The molecule has 0 spiro atoms. The fourth-order valence-corrected chi connectivity index (χ4v) is 4.89. The first-order valence-corrected chi connectivity index (χ1v) is 11.2. The van der Waals surface area contributed by atoms with Crippen molar-refractivity contribution in [1.29, 1.82) is 0 Å². The van der Waals surface area contributed by atoms with Gasteiger partial charge in [-0.3, -0.25) is 14.7 Å². The van der Waals surface area contributed by atoms with Crippen LogP contribution in [0.15, 0.2) is 48.8 Å². The first kappa shape index (κ1) is 22.3. The minimum absolute atomic E-state index is 0.0172. The summed E-state index contributed by atoms with van der Waals surface area (Å²) in [6.07, 6.45) is 6.84. The number of aromatic hydroxyl groups is 1. The summed E-state index contributed by atoms with van der Waals surface area (Å²) in [7, 11) is 0. The zero-order chi connectivity index (χ0) is 23.8. The molecule has 1 saturated carbocycles. The van der Waals surface area contributed by atoms with Crippen molar-refractivity contribution >= 4 is 11.6 Å². The van der Waals surface area contributed by atoms with E-state index in [1.54, 1.807) is 18.3 Å². The van der Waals surface area contributed by atoms with Gasteiger partial charge in [-0.2, -0.15) is 0 Å². The Kier molecular flexibility index (Phi) is 5.95. The Hall–Kier alpha value is -3.46. The number of anilines is 1. The van der Waals surface area contributed by atoms with Crippen LogP contribution in [0.5, 0.6) is 5.75 Å². The van der Waals surface area contributed by atoms with Gasteiger partial charge in [-0.1, -0.05) is 12.5 Å². The van der Waals surface area contributed by atoms with Crippen molar-refractivity contribution < 1.29 is 27.8 Å². The molecule has 3 aromatic rings. The number of benzene rings is 1. The Bertz CT molecular complexity index is 1200. The molecular formula is C25H22F3N3O3. The molecule has 1 saturated heterocycles. The number of halogens is 3. The fraction of sp³-hybridized carbons (Fsp3) is 0.320. The number of aromatic nitrogens is 2. The van der Waals surface area contributed by atoms with Gasteiger partial charge < -0.3 is 9.84 Å². The van der Waals surface area contributed by atoms with Crippen LogP contribution in [0.4, 0.5) is 18.9 Å². The number of amides is 1. The smallest absolute Gasteiger partial charge is 0.282 e. The van der Waals surface area contributed by atoms with Gasteiger partial charge >= 0.3 is 0 Å². The highest BCUT2D eigenvalue weighted by atomic mass is 19.1. The first-order chi connectivity index (χ1) is 16.4. The lowest BCUT2D eigenvalue weighted by Crippen LogP contribution is -2.47. The molecule has 1 amide bonds. The summed E-state index contributed by atoms with van der Waals surface area (Å²) in [5.41, 5.74) is -1.56. The molecule has 3 unspecified atom stereocenters. The highest BCUT2D eigenvalue weighted by Crippen LogP contribution is 2.40. The molecule has 176 valence electrons. The van der Waals surface area contributed by atoms with Gasteiger partial charge in [0.25, 0.3) is 5.91 Å². The summed E-state index contributed by atoms with van der Waals surface area (Å²) in [4.78, 5) is 23.0. The Morgan fingerprint density at radius 1 is 1.03 bits per heavy atom. The van der Waals surface area contributed by atoms with Crippen LogP contribution in [-0.2, 0) is 4.74 Å². The molecule has 1 aliphatic heterocycles. The molecule has 1 N–H and O–H groups in total. The molecule has 3 heterocycles. The van der Waals surface area contributed by atoms with Gasteiger partial charge in [0.05, 0.1) is 23.6 Å². The minimum atomic E-state index is -1.16. The van der Waals surface area contributed by atoms with E-state index < -0.39 is 52.3 Å². The van der Waals surface area contributed by atoms with Crippen molar-refractivity contribution in [2.24, 2.45) is 5.92 Å². The number of fused-ring (bicyclic) bond motifs is 1. The predicted octanol–water partition coefficient (Wildman–Crippen LogP) is 5.22. The molecule has 2 fully saturated rings. The van der Waals surface area contributed by atoms with E-state index >= 15 is 0 Å². The van der Waals surface area contributed by atoms with Gasteiger partial charge in [-0.25, -0.2) is 18.2 Å². The average molecular weight is 469 g/mol. The van der Waals surface area contributed by atoms with Gasteiger partial charge in [-0.05, 0) is 55.9 Å². The number of rotatable bonds is 4. The summed E-state index contributed by atoms with van der Waals surface area (Å²) in [5, 5.41) is 10.4. The first-order valence-electron chi connectivity index (χ1n) is 11.2. The third kappa shape index (κ3) is 4.00. The van der Waals surface area contributed by atoms with Crippen LogP contribution in [0.3, 0.4) is 0 Å². The predicted molar refractivity (Wildman–Crippen MR) is 117 cm³/mol. The van der Waals surface area contributed by atoms with Crippen LogP contribution in [-0.4, -0.2) is 33.3 Å². The summed E-state index contributed by atoms with van der Waals surface area (Å²) < 4.78 is 49.6. The molecular weight excluding hydrogens is 447 g/mol. The van der Waals surface area contributed by atoms with E-state index in [0.29, 0.717) is 24.1 Å². The standard InChI is InChI=1S/C25H22F3N3O3/c26-16-6-2-7-17(27)22(16)23-18(28)12-19(32)24(30-23)25(33)31(15-5-3-11-29-13-15)21-10-9-14-4-1-8-20(14)34-21/h2-3,5-7,11-14,20-21,32H,1,4,8-10H2. The van der Waals surface area contributed by atoms with E-state index in [9.17, 15) is 23.1 Å². The van der Waals surface area contributed by atoms with E-state index in [0.717, 1.165) is 43.9 Å². The molecule has 9 heteroatoms. The minimum Gasteiger partial charge on any atom is -0.505 e. The van der Waals surface area contributed by atoms with Crippen LogP contribution < -0.4 is 4.90 Å². The molecule has 34 heavy (non-hydrogen) atoms. The second-order valence-electron chi connectivity index (χ2n) is 8.57. The van der Waals surface area contributed by atoms with Crippen molar-refractivity contribution in [3.63, 3.8) is 0 Å². The second-order valence-corrected chi connectivity index (χ2v) is 8.57. The Balaban J connectivity index is 1.58. The number of pyridine rings is 2. The van der Waals surface area contributed by atoms with E-state index in [-0.39, 0.29) is 6.10 Å². The van der Waals surface area contributed by atoms with Crippen molar-refractivity contribution in [1.82, 2.24) is 9.97 Å². The van der Waals surface area contributed by atoms with Crippen LogP contribution in [0.25, 0.3) is 11.3 Å². The van der Waals surface area contributed by atoms with Gasteiger partial charge in [0.2, 0.25) is 0 Å². The maximum absolute atomic E-state index is 14.6. The zero-order valence-electron chi connectivity index (χ0n) is 18.1. The van der Waals surface area contributed by atoms with Crippen LogP contribution in [0.2, 0.25) is 0 Å². The van der Waals surface area contributed by atoms with E-state index in [1.165, 1.54) is 11.1 Å². The fourth-order valence-electron chi connectivity index (χ4n) is 4.89.